The summed E-state index contributed by atoms with van der Waals surface area (Å²) in [6.45, 7) is 4.91. The van der Waals surface area contributed by atoms with Crippen molar-refractivity contribution < 1.29 is 0 Å². The first-order valence-electron chi connectivity index (χ1n) is 10.5. The number of likely N-dealkylation sites (tertiary alicyclic amines) is 1. The van der Waals surface area contributed by atoms with Crippen molar-refractivity contribution in [2.75, 3.05) is 18.8 Å². The molecule has 2 heteroatoms. The smallest absolute Gasteiger partial charge is 0.0314 e. The summed E-state index contributed by atoms with van der Waals surface area (Å²) in [7, 11) is 0. The highest BCUT2D eigenvalue weighted by molar-refractivity contribution is 5.65. The number of hydrogen-bond donors (Lipinski definition) is 1. The van der Waals surface area contributed by atoms with Gasteiger partial charge in [-0.25, -0.2) is 0 Å². The summed E-state index contributed by atoms with van der Waals surface area (Å²) in [5.74, 6) is 1.37. The zero-order chi connectivity index (χ0) is 18.4. The van der Waals surface area contributed by atoms with Gasteiger partial charge in [0.1, 0.15) is 0 Å². The Morgan fingerprint density at radius 1 is 1.04 bits per heavy atom. The summed E-state index contributed by atoms with van der Waals surface area (Å²) in [4.78, 5) is 2.79. The SMILES string of the molecule is C[C@H]1CN(C2CCC(c3ccc(N)cc3)C2)CCC12C=Cc1ccccc12. The number of hydrogen-bond acceptors (Lipinski definition) is 2. The molecule has 0 aromatic heterocycles. The van der Waals surface area contributed by atoms with Crippen molar-refractivity contribution in [2.45, 2.75) is 50.0 Å². The number of rotatable bonds is 2. The maximum Gasteiger partial charge on any atom is 0.0314 e. The van der Waals surface area contributed by atoms with E-state index in [4.69, 9.17) is 5.73 Å². The number of nitrogens with zero attached hydrogens (tertiary/aromatic N) is 1. The Balaban J connectivity index is 1.28. The van der Waals surface area contributed by atoms with E-state index in [-0.39, 0.29) is 5.41 Å². The lowest BCUT2D eigenvalue weighted by Gasteiger charge is -2.46. The van der Waals surface area contributed by atoms with E-state index in [9.17, 15) is 0 Å². The van der Waals surface area contributed by atoms with Crippen LogP contribution in [0, 0.1) is 5.92 Å². The van der Waals surface area contributed by atoms with Crippen LogP contribution in [0.1, 0.15) is 55.2 Å². The van der Waals surface area contributed by atoms with Crippen molar-refractivity contribution in [2.24, 2.45) is 5.92 Å². The average molecular weight is 359 g/mol. The Morgan fingerprint density at radius 2 is 1.85 bits per heavy atom. The van der Waals surface area contributed by atoms with Crippen molar-refractivity contribution in [3.05, 3.63) is 71.3 Å². The minimum Gasteiger partial charge on any atom is -0.399 e. The first kappa shape index (κ1) is 17.1. The van der Waals surface area contributed by atoms with Gasteiger partial charge in [-0.15, -0.1) is 0 Å². The molecule has 2 fully saturated rings. The molecule has 3 unspecified atom stereocenters. The highest BCUT2D eigenvalue weighted by Gasteiger charge is 2.45. The third kappa shape index (κ3) is 2.82. The predicted molar refractivity (Wildman–Crippen MR) is 114 cm³/mol. The Labute approximate surface area is 163 Å². The van der Waals surface area contributed by atoms with Gasteiger partial charge >= 0.3 is 0 Å². The number of anilines is 1. The molecule has 1 heterocycles. The summed E-state index contributed by atoms with van der Waals surface area (Å²) < 4.78 is 0. The number of nitrogens with two attached hydrogens (primary N) is 1. The molecule has 27 heavy (non-hydrogen) atoms. The van der Waals surface area contributed by atoms with Gasteiger partial charge in [-0.1, -0.05) is 55.5 Å². The van der Waals surface area contributed by atoms with Gasteiger partial charge in [-0.3, -0.25) is 0 Å². The molecule has 1 aliphatic heterocycles. The molecule has 140 valence electrons. The molecule has 2 N–H and O–H groups in total. The Morgan fingerprint density at radius 3 is 2.67 bits per heavy atom. The monoisotopic (exact) mass is 358 g/mol. The maximum atomic E-state index is 5.86. The number of allylic oxidation sites excluding steroid dienone is 1. The molecular weight excluding hydrogens is 328 g/mol. The standard InChI is InChI=1S/C25H30N2/c1-18-17-27(15-14-25(18)13-12-20-4-2-3-5-24(20)25)23-11-8-21(16-23)19-6-9-22(26)10-7-19/h2-7,9-10,12-13,18,21,23H,8,11,14-17,26H2,1H3/t18-,21?,23?,25?/m0/s1. The topological polar surface area (TPSA) is 29.3 Å². The van der Waals surface area contributed by atoms with Gasteiger partial charge in [0.05, 0.1) is 0 Å². The molecule has 0 bridgehead atoms. The Bertz CT molecular complexity index is 853. The van der Waals surface area contributed by atoms with Crippen LogP contribution in [-0.4, -0.2) is 24.0 Å². The van der Waals surface area contributed by atoms with E-state index >= 15 is 0 Å². The van der Waals surface area contributed by atoms with Crippen LogP contribution in [0.4, 0.5) is 5.69 Å². The van der Waals surface area contributed by atoms with Crippen LogP contribution >= 0.6 is 0 Å². The quantitative estimate of drug-likeness (QED) is 0.747. The van der Waals surface area contributed by atoms with Crippen molar-refractivity contribution in [3.63, 3.8) is 0 Å². The molecule has 5 rings (SSSR count). The molecule has 1 saturated heterocycles. The van der Waals surface area contributed by atoms with Gasteiger partial charge in [-0.05, 0) is 72.9 Å². The normalized spacial score (nSPS) is 32.9. The Kier molecular flexibility index (Phi) is 4.12. The summed E-state index contributed by atoms with van der Waals surface area (Å²) in [6.07, 6.45) is 10.1. The van der Waals surface area contributed by atoms with Crippen LogP contribution in [0.5, 0.6) is 0 Å². The van der Waals surface area contributed by atoms with E-state index in [0.29, 0.717) is 11.8 Å². The Hall–Kier alpha value is -2.06. The van der Waals surface area contributed by atoms with Crippen LogP contribution < -0.4 is 5.73 Å². The van der Waals surface area contributed by atoms with Crippen LogP contribution in [0.3, 0.4) is 0 Å². The third-order valence-electron chi connectivity index (χ3n) is 7.55. The van der Waals surface area contributed by atoms with Crippen molar-refractivity contribution in [1.29, 1.82) is 0 Å². The van der Waals surface area contributed by atoms with Crippen molar-refractivity contribution in [1.82, 2.24) is 4.90 Å². The summed E-state index contributed by atoms with van der Waals surface area (Å²) >= 11 is 0. The number of fused-ring (bicyclic) bond motifs is 2. The molecule has 2 aromatic rings. The van der Waals surface area contributed by atoms with Gasteiger partial charge in [0, 0.05) is 23.7 Å². The fraction of sp³-hybridized carbons (Fsp3) is 0.440. The molecular formula is C25H30N2. The molecule has 2 nitrogen and oxygen atoms in total. The maximum absolute atomic E-state index is 5.86. The molecule has 0 amide bonds. The molecule has 1 saturated carbocycles. The molecule has 2 aromatic carbocycles. The van der Waals surface area contributed by atoms with Crippen LogP contribution in [0.25, 0.3) is 6.08 Å². The largest absolute Gasteiger partial charge is 0.399 e. The molecule has 0 radical (unpaired) electrons. The first-order chi connectivity index (χ1) is 13.2. The first-order valence-corrected chi connectivity index (χ1v) is 10.5. The lowest BCUT2D eigenvalue weighted by molar-refractivity contribution is 0.0898. The van der Waals surface area contributed by atoms with E-state index < -0.39 is 0 Å². The molecule has 2 aliphatic carbocycles. The van der Waals surface area contributed by atoms with Gasteiger partial charge in [0.15, 0.2) is 0 Å². The van der Waals surface area contributed by atoms with Crippen LogP contribution in [0.2, 0.25) is 0 Å². The third-order valence-corrected chi connectivity index (χ3v) is 7.55. The van der Waals surface area contributed by atoms with Gasteiger partial charge in [0.25, 0.3) is 0 Å². The zero-order valence-electron chi connectivity index (χ0n) is 16.3. The van der Waals surface area contributed by atoms with Crippen molar-refractivity contribution >= 4 is 11.8 Å². The summed E-state index contributed by atoms with van der Waals surface area (Å²) in [6, 6.07) is 18.3. The van der Waals surface area contributed by atoms with E-state index in [0.717, 1.165) is 11.7 Å². The van der Waals surface area contributed by atoms with Crippen LogP contribution in [-0.2, 0) is 5.41 Å². The summed E-state index contributed by atoms with van der Waals surface area (Å²) in [5.41, 5.74) is 11.5. The minimum atomic E-state index is 0.266. The number of benzene rings is 2. The highest BCUT2D eigenvalue weighted by atomic mass is 15.2. The molecule has 1 spiro atoms. The lowest BCUT2D eigenvalue weighted by atomic mass is 9.68. The zero-order valence-corrected chi connectivity index (χ0v) is 16.3. The second kappa shape index (κ2) is 6.53. The van der Waals surface area contributed by atoms with Gasteiger partial charge in [-0.2, -0.15) is 0 Å². The van der Waals surface area contributed by atoms with Crippen LogP contribution in [0.15, 0.2) is 54.6 Å². The number of piperidine rings is 1. The van der Waals surface area contributed by atoms with E-state index in [1.54, 1.807) is 5.56 Å². The van der Waals surface area contributed by atoms with E-state index in [2.05, 4.69) is 72.5 Å². The predicted octanol–water partition coefficient (Wildman–Crippen LogP) is 5.21. The minimum absolute atomic E-state index is 0.266. The fourth-order valence-electron chi connectivity index (χ4n) is 5.92. The summed E-state index contributed by atoms with van der Waals surface area (Å²) in [5, 5.41) is 0. The molecule has 4 atom stereocenters. The van der Waals surface area contributed by atoms with E-state index in [1.807, 2.05) is 0 Å². The average Bonchev–Trinajstić information content (AvgIpc) is 3.32. The second-order valence-corrected chi connectivity index (χ2v) is 8.94. The number of nitrogen functional groups attached to an aromatic ring is 1. The van der Waals surface area contributed by atoms with Gasteiger partial charge in [0.2, 0.25) is 0 Å². The fourth-order valence-corrected chi connectivity index (χ4v) is 5.92. The second-order valence-electron chi connectivity index (χ2n) is 8.94. The molecule has 3 aliphatic rings. The highest BCUT2D eigenvalue weighted by Crippen LogP contribution is 2.48. The lowest BCUT2D eigenvalue weighted by Crippen LogP contribution is -2.50. The van der Waals surface area contributed by atoms with Crippen molar-refractivity contribution in [3.8, 4) is 0 Å². The van der Waals surface area contributed by atoms with E-state index in [1.165, 1.54) is 49.9 Å². The van der Waals surface area contributed by atoms with Gasteiger partial charge < -0.3 is 10.6 Å².